The number of anilines is 1. The normalized spacial score (nSPS) is 13.9. The van der Waals surface area contributed by atoms with Crippen molar-refractivity contribution in [2.45, 2.75) is 62.6 Å². The molecule has 1 aliphatic rings. The van der Waals surface area contributed by atoms with Gasteiger partial charge in [0.15, 0.2) is 0 Å². The number of nitrogens with one attached hydrogen (secondary N) is 1. The number of carbonyl (C=O) groups is 2. The Labute approximate surface area is 285 Å². The van der Waals surface area contributed by atoms with Crippen LogP contribution >= 0.6 is 15.9 Å². The van der Waals surface area contributed by atoms with E-state index in [1.165, 1.54) is 24.1 Å². The molecule has 0 radical (unpaired) electrons. The lowest BCUT2D eigenvalue weighted by atomic mass is 10.0. The predicted octanol–water partition coefficient (Wildman–Crippen LogP) is 6.66. The van der Waals surface area contributed by atoms with Crippen molar-refractivity contribution in [3.05, 3.63) is 124 Å². The van der Waals surface area contributed by atoms with E-state index in [9.17, 15) is 18.0 Å². The molecule has 10 heteroatoms. The summed E-state index contributed by atoms with van der Waals surface area (Å²) < 4.78 is 35.7. The number of methoxy groups -OCH3 is 1. The van der Waals surface area contributed by atoms with Gasteiger partial charge in [0.05, 0.1) is 17.7 Å². The van der Waals surface area contributed by atoms with E-state index in [-0.39, 0.29) is 29.8 Å². The third-order valence-corrected chi connectivity index (χ3v) is 10.7. The van der Waals surface area contributed by atoms with Crippen molar-refractivity contribution in [1.82, 2.24) is 10.2 Å². The summed E-state index contributed by atoms with van der Waals surface area (Å²) in [5.41, 5.74) is 2.99. The van der Waals surface area contributed by atoms with E-state index >= 15 is 0 Å². The molecule has 0 saturated heterocycles. The van der Waals surface area contributed by atoms with Crippen molar-refractivity contribution in [3.8, 4) is 5.75 Å². The highest BCUT2D eigenvalue weighted by Gasteiger charge is 2.35. The summed E-state index contributed by atoms with van der Waals surface area (Å²) in [6.07, 6.45) is 4.15. The minimum Gasteiger partial charge on any atom is -0.497 e. The van der Waals surface area contributed by atoms with Crippen LogP contribution in [0.15, 0.2) is 112 Å². The first-order valence-corrected chi connectivity index (χ1v) is 18.0. The van der Waals surface area contributed by atoms with Gasteiger partial charge >= 0.3 is 0 Å². The number of benzene rings is 4. The lowest BCUT2D eigenvalue weighted by Crippen LogP contribution is -2.54. The molecule has 1 atom stereocenters. The van der Waals surface area contributed by atoms with Crippen molar-refractivity contribution < 1.29 is 22.7 Å². The van der Waals surface area contributed by atoms with Gasteiger partial charge in [0, 0.05) is 23.5 Å². The molecule has 8 nitrogen and oxygen atoms in total. The molecular formula is C37H40BrN3O5S. The van der Waals surface area contributed by atoms with Crippen LogP contribution in [-0.2, 0) is 32.6 Å². The van der Waals surface area contributed by atoms with Gasteiger partial charge < -0.3 is 15.0 Å². The first kappa shape index (κ1) is 34.2. The van der Waals surface area contributed by atoms with Crippen molar-refractivity contribution in [3.63, 3.8) is 0 Å². The number of nitrogens with zero attached hydrogens (tertiary/aromatic N) is 2. The Bertz CT molecular complexity index is 1760. The van der Waals surface area contributed by atoms with E-state index in [4.69, 9.17) is 4.74 Å². The van der Waals surface area contributed by atoms with Crippen LogP contribution < -0.4 is 14.4 Å². The molecule has 4 aromatic rings. The van der Waals surface area contributed by atoms with E-state index in [1.54, 1.807) is 24.3 Å². The summed E-state index contributed by atoms with van der Waals surface area (Å²) in [7, 11) is -2.69. The molecule has 47 heavy (non-hydrogen) atoms. The summed E-state index contributed by atoms with van der Waals surface area (Å²) in [5, 5.41) is 3.20. The number of hydrogen-bond acceptors (Lipinski definition) is 5. The molecule has 1 unspecified atom stereocenters. The zero-order valence-electron chi connectivity index (χ0n) is 26.6. The van der Waals surface area contributed by atoms with Gasteiger partial charge in [-0.3, -0.25) is 13.9 Å². The second kappa shape index (κ2) is 15.6. The fourth-order valence-electron chi connectivity index (χ4n) is 5.87. The van der Waals surface area contributed by atoms with Crippen LogP contribution in [-0.4, -0.2) is 50.9 Å². The second-order valence-electron chi connectivity index (χ2n) is 11.9. The third kappa shape index (κ3) is 8.81. The molecule has 4 aromatic carbocycles. The summed E-state index contributed by atoms with van der Waals surface area (Å²) in [6, 6.07) is 29.4. The summed E-state index contributed by atoms with van der Waals surface area (Å²) in [6.45, 7) is 1.51. The third-order valence-electron chi connectivity index (χ3n) is 8.46. The smallest absolute Gasteiger partial charge is 0.264 e. The first-order valence-electron chi connectivity index (χ1n) is 15.8. The van der Waals surface area contributed by atoms with Gasteiger partial charge in [-0.1, -0.05) is 88.9 Å². The lowest BCUT2D eigenvalue weighted by Gasteiger charge is -2.34. The molecule has 5 rings (SSSR count). The molecule has 2 amide bonds. The number of hydrogen-bond donors (Lipinski definition) is 1. The quantitative estimate of drug-likeness (QED) is 0.167. The Hall–Kier alpha value is -4.15. The van der Waals surface area contributed by atoms with Gasteiger partial charge in [-0.15, -0.1) is 0 Å². The van der Waals surface area contributed by atoms with Crippen LogP contribution in [0.4, 0.5) is 5.69 Å². The molecule has 1 aliphatic carbocycles. The maximum Gasteiger partial charge on any atom is 0.264 e. The van der Waals surface area contributed by atoms with E-state index in [2.05, 4.69) is 21.2 Å². The van der Waals surface area contributed by atoms with E-state index in [0.29, 0.717) is 11.4 Å². The summed E-state index contributed by atoms with van der Waals surface area (Å²) in [4.78, 5) is 30.3. The van der Waals surface area contributed by atoms with Crippen molar-refractivity contribution in [1.29, 1.82) is 0 Å². The zero-order chi connectivity index (χ0) is 33.4. The van der Waals surface area contributed by atoms with Crippen molar-refractivity contribution >= 4 is 43.5 Å². The lowest BCUT2D eigenvalue weighted by molar-refractivity contribution is -0.140. The summed E-state index contributed by atoms with van der Waals surface area (Å²) in [5.74, 6) is -0.228. The molecule has 1 fully saturated rings. The Balaban J connectivity index is 1.56. The minimum atomic E-state index is -4.20. The van der Waals surface area contributed by atoms with Crippen LogP contribution in [0, 0.1) is 6.92 Å². The molecule has 0 aromatic heterocycles. The number of rotatable bonds is 13. The van der Waals surface area contributed by atoms with Crippen molar-refractivity contribution in [2.24, 2.45) is 0 Å². The molecule has 0 spiro atoms. The number of ether oxygens (including phenoxy) is 1. The first-order chi connectivity index (χ1) is 22.6. The molecule has 0 aliphatic heterocycles. The molecule has 1 saturated carbocycles. The van der Waals surface area contributed by atoms with Gasteiger partial charge in [-0.25, -0.2) is 8.42 Å². The van der Waals surface area contributed by atoms with Crippen LogP contribution in [0.5, 0.6) is 5.75 Å². The molecule has 1 N–H and O–H groups in total. The molecular weight excluding hydrogens is 678 g/mol. The van der Waals surface area contributed by atoms with E-state index in [0.717, 1.165) is 51.2 Å². The van der Waals surface area contributed by atoms with Crippen LogP contribution in [0.25, 0.3) is 0 Å². The Kier molecular flexibility index (Phi) is 11.4. The average Bonchev–Trinajstić information content (AvgIpc) is 3.59. The van der Waals surface area contributed by atoms with Crippen LogP contribution in [0.2, 0.25) is 0 Å². The molecule has 0 heterocycles. The highest BCUT2D eigenvalue weighted by molar-refractivity contribution is 9.10. The van der Waals surface area contributed by atoms with Crippen molar-refractivity contribution in [2.75, 3.05) is 18.0 Å². The minimum absolute atomic E-state index is 0.0185. The van der Waals surface area contributed by atoms with Gasteiger partial charge in [-0.05, 0) is 79.4 Å². The largest absolute Gasteiger partial charge is 0.497 e. The maximum atomic E-state index is 14.6. The van der Waals surface area contributed by atoms with Crippen LogP contribution in [0.3, 0.4) is 0 Å². The summed E-state index contributed by atoms with van der Waals surface area (Å²) >= 11 is 3.53. The fraction of sp³-hybridized carbons (Fsp3) is 0.297. The number of carbonyl (C=O) groups excluding carboxylic acids is 2. The van der Waals surface area contributed by atoms with Gasteiger partial charge in [0.25, 0.3) is 10.0 Å². The Morgan fingerprint density at radius 2 is 1.55 bits per heavy atom. The number of halogens is 1. The fourth-order valence-corrected chi connectivity index (χ4v) is 7.73. The maximum absolute atomic E-state index is 14.6. The Morgan fingerprint density at radius 1 is 0.894 bits per heavy atom. The molecule has 246 valence electrons. The number of sulfonamides is 1. The monoisotopic (exact) mass is 717 g/mol. The number of aryl methyl sites for hydroxylation is 1. The predicted molar refractivity (Wildman–Crippen MR) is 188 cm³/mol. The van der Waals surface area contributed by atoms with Gasteiger partial charge in [0.2, 0.25) is 11.8 Å². The zero-order valence-corrected chi connectivity index (χ0v) is 29.0. The van der Waals surface area contributed by atoms with E-state index in [1.807, 2.05) is 73.7 Å². The highest BCUT2D eigenvalue weighted by atomic mass is 79.9. The standard InChI is InChI=1S/C37H40BrN3O5S/c1-27-15-17-32(18-16-27)41(47(44,45)34-21-19-33(46-2)20-22-34)26-36(42)40(25-29-11-8-12-30(38)23-29)35(24-28-9-4-3-5-10-28)37(43)39-31-13-6-7-14-31/h3-5,8-12,15-23,31,35H,6-7,13-14,24-26H2,1-2H3,(H,39,43). The van der Waals surface area contributed by atoms with Gasteiger partial charge in [0.1, 0.15) is 18.3 Å². The average molecular weight is 719 g/mol. The van der Waals surface area contributed by atoms with E-state index < -0.39 is 28.5 Å². The Morgan fingerprint density at radius 3 is 2.19 bits per heavy atom. The number of amides is 2. The topological polar surface area (TPSA) is 96.0 Å². The van der Waals surface area contributed by atoms with Gasteiger partial charge in [-0.2, -0.15) is 0 Å². The SMILES string of the molecule is COc1ccc(S(=O)(=O)N(CC(=O)N(Cc2cccc(Br)c2)C(Cc2ccccc2)C(=O)NC2CCCC2)c2ccc(C)cc2)cc1. The van der Waals surface area contributed by atoms with Crippen LogP contribution in [0.1, 0.15) is 42.4 Å². The second-order valence-corrected chi connectivity index (χ2v) is 14.6. The molecule has 0 bridgehead atoms. The highest BCUT2D eigenvalue weighted by Crippen LogP contribution is 2.27.